The summed E-state index contributed by atoms with van der Waals surface area (Å²) in [4.78, 5) is 42.2. The molecule has 1 N–H and O–H groups in total. The minimum atomic E-state index is -0.494. The van der Waals surface area contributed by atoms with Crippen molar-refractivity contribution in [3.63, 3.8) is 0 Å². The number of ether oxygens (including phenoxy) is 1. The number of thioether (sulfide) groups is 1. The predicted octanol–water partition coefficient (Wildman–Crippen LogP) is 4.02. The molecule has 0 aliphatic rings. The van der Waals surface area contributed by atoms with Crippen LogP contribution in [0, 0.1) is 5.92 Å². The van der Waals surface area contributed by atoms with Gasteiger partial charge in [0, 0.05) is 6.54 Å². The number of esters is 1. The molecule has 9 heteroatoms. The number of fused-ring (bicyclic) bond motifs is 1. The molecule has 0 saturated carbocycles. The van der Waals surface area contributed by atoms with Gasteiger partial charge in [-0.1, -0.05) is 37.7 Å². The van der Waals surface area contributed by atoms with Gasteiger partial charge < -0.3 is 10.1 Å². The quantitative estimate of drug-likeness (QED) is 0.320. The van der Waals surface area contributed by atoms with Crippen LogP contribution >= 0.6 is 23.1 Å². The van der Waals surface area contributed by atoms with Crippen LogP contribution in [0.15, 0.2) is 45.7 Å². The highest BCUT2D eigenvalue weighted by Crippen LogP contribution is 2.24. The Morgan fingerprint density at radius 2 is 2.03 bits per heavy atom. The standard InChI is InChI=1S/C21H23N3O4S2/c1-13(2)8-10-24-19(26)14-6-4-5-7-15(14)23-21(24)30-12-17(25)22-16-9-11-29-18(16)20(27)28-3/h4-7,9,11,13H,8,10,12H2,1-3H3,(H,22,25). The number of para-hydroxylation sites is 1. The minimum Gasteiger partial charge on any atom is -0.465 e. The summed E-state index contributed by atoms with van der Waals surface area (Å²) in [6.45, 7) is 4.73. The first-order valence-corrected chi connectivity index (χ1v) is 11.3. The molecule has 0 atom stereocenters. The van der Waals surface area contributed by atoms with Crippen molar-refractivity contribution in [2.45, 2.75) is 32.0 Å². The molecule has 0 aliphatic heterocycles. The van der Waals surface area contributed by atoms with Crippen molar-refractivity contribution in [3.05, 3.63) is 50.9 Å². The van der Waals surface area contributed by atoms with Gasteiger partial charge in [0.05, 0.1) is 29.5 Å². The van der Waals surface area contributed by atoms with Gasteiger partial charge in [-0.05, 0) is 35.9 Å². The van der Waals surface area contributed by atoms with Crippen molar-refractivity contribution in [1.82, 2.24) is 9.55 Å². The number of nitrogens with one attached hydrogen (secondary N) is 1. The number of methoxy groups -OCH3 is 1. The van der Waals surface area contributed by atoms with Crippen molar-refractivity contribution < 1.29 is 14.3 Å². The minimum absolute atomic E-state index is 0.0585. The maximum Gasteiger partial charge on any atom is 0.350 e. The summed E-state index contributed by atoms with van der Waals surface area (Å²) in [6.07, 6.45) is 0.830. The molecule has 0 aliphatic carbocycles. The molecular weight excluding hydrogens is 422 g/mol. The number of aromatic nitrogens is 2. The van der Waals surface area contributed by atoms with E-state index in [-0.39, 0.29) is 17.2 Å². The Morgan fingerprint density at radius 1 is 1.27 bits per heavy atom. The molecule has 158 valence electrons. The normalized spacial score (nSPS) is 11.1. The molecule has 3 rings (SSSR count). The van der Waals surface area contributed by atoms with E-state index in [4.69, 9.17) is 4.74 Å². The Morgan fingerprint density at radius 3 is 2.77 bits per heavy atom. The molecule has 0 unspecified atom stereocenters. The van der Waals surface area contributed by atoms with Gasteiger partial charge in [0.1, 0.15) is 4.88 Å². The molecule has 0 bridgehead atoms. The molecule has 1 aromatic carbocycles. The fraction of sp³-hybridized carbons (Fsp3) is 0.333. The summed E-state index contributed by atoms with van der Waals surface area (Å²) in [7, 11) is 1.30. The molecule has 3 aromatic rings. The van der Waals surface area contributed by atoms with Crippen LogP contribution in [0.1, 0.15) is 29.9 Å². The van der Waals surface area contributed by atoms with E-state index in [9.17, 15) is 14.4 Å². The molecule has 30 heavy (non-hydrogen) atoms. The van der Waals surface area contributed by atoms with E-state index in [1.807, 2.05) is 12.1 Å². The van der Waals surface area contributed by atoms with E-state index in [2.05, 4.69) is 24.1 Å². The number of nitrogens with zero attached hydrogens (tertiary/aromatic N) is 2. The predicted molar refractivity (Wildman–Crippen MR) is 120 cm³/mol. The lowest BCUT2D eigenvalue weighted by Gasteiger charge is -2.14. The number of hydrogen-bond acceptors (Lipinski definition) is 7. The third kappa shape index (κ3) is 5.09. The number of rotatable bonds is 8. The molecule has 0 fully saturated rings. The fourth-order valence-corrected chi connectivity index (χ4v) is 4.41. The van der Waals surface area contributed by atoms with Crippen molar-refractivity contribution >= 4 is 51.6 Å². The summed E-state index contributed by atoms with van der Waals surface area (Å²) in [5.41, 5.74) is 0.924. The maximum atomic E-state index is 13.0. The zero-order valence-electron chi connectivity index (χ0n) is 17.0. The highest BCUT2D eigenvalue weighted by Gasteiger charge is 2.17. The van der Waals surface area contributed by atoms with E-state index in [0.717, 1.165) is 6.42 Å². The third-order valence-corrected chi connectivity index (χ3v) is 6.27. The van der Waals surface area contributed by atoms with Crippen LogP contribution in [-0.4, -0.2) is 34.3 Å². The average molecular weight is 446 g/mol. The molecule has 0 radical (unpaired) electrons. The lowest BCUT2D eigenvalue weighted by Crippen LogP contribution is -2.25. The van der Waals surface area contributed by atoms with E-state index < -0.39 is 5.97 Å². The lowest BCUT2D eigenvalue weighted by atomic mass is 10.1. The molecule has 0 spiro atoms. The first-order valence-electron chi connectivity index (χ1n) is 9.48. The molecule has 1 amide bonds. The number of benzene rings is 1. The van der Waals surface area contributed by atoms with Gasteiger partial charge in [-0.25, -0.2) is 9.78 Å². The smallest absolute Gasteiger partial charge is 0.350 e. The summed E-state index contributed by atoms with van der Waals surface area (Å²) in [5, 5.41) is 5.52. The van der Waals surface area contributed by atoms with Crippen LogP contribution in [0.3, 0.4) is 0 Å². The van der Waals surface area contributed by atoms with Gasteiger partial charge in [-0.2, -0.15) is 0 Å². The number of carbonyl (C=O) groups is 2. The van der Waals surface area contributed by atoms with Crippen LogP contribution in [-0.2, 0) is 16.1 Å². The van der Waals surface area contributed by atoms with Crippen LogP contribution < -0.4 is 10.9 Å². The number of amides is 1. The molecule has 2 heterocycles. The third-order valence-electron chi connectivity index (χ3n) is 4.40. The van der Waals surface area contributed by atoms with Crippen LogP contribution in [0.4, 0.5) is 5.69 Å². The number of hydrogen-bond donors (Lipinski definition) is 1. The second-order valence-electron chi connectivity index (χ2n) is 7.04. The summed E-state index contributed by atoms with van der Waals surface area (Å²) < 4.78 is 6.37. The van der Waals surface area contributed by atoms with Crippen LogP contribution in [0.2, 0.25) is 0 Å². The Balaban J connectivity index is 1.80. The van der Waals surface area contributed by atoms with Crippen molar-refractivity contribution in [2.24, 2.45) is 5.92 Å². The van der Waals surface area contributed by atoms with E-state index in [1.54, 1.807) is 28.1 Å². The Hall–Kier alpha value is -2.65. The molecular formula is C21H23N3O4S2. The zero-order chi connectivity index (χ0) is 21.7. The second-order valence-corrected chi connectivity index (χ2v) is 8.90. The SMILES string of the molecule is COC(=O)c1sccc1NC(=O)CSc1nc2ccccc2c(=O)n1CCC(C)C. The number of thiophene rings is 1. The topological polar surface area (TPSA) is 90.3 Å². The van der Waals surface area contributed by atoms with E-state index in [1.165, 1.54) is 30.2 Å². The van der Waals surface area contributed by atoms with Crippen LogP contribution in [0.25, 0.3) is 10.9 Å². The van der Waals surface area contributed by atoms with Crippen LogP contribution in [0.5, 0.6) is 0 Å². The average Bonchev–Trinajstić information content (AvgIpc) is 3.19. The fourth-order valence-electron chi connectivity index (χ4n) is 2.82. The number of carbonyl (C=O) groups excluding carboxylic acids is 2. The summed E-state index contributed by atoms with van der Waals surface area (Å²) >= 11 is 2.40. The number of anilines is 1. The largest absolute Gasteiger partial charge is 0.465 e. The highest BCUT2D eigenvalue weighted by atomic mass is 32.2. The van der Waals surface area contributed by atoms with Gasteiger partial charge in [0.15, 0.2) is 5.16 Å². The molecule has 7 nitrogen and oxygen atoms in total. The molecule has 2 aromatic heterocycles. The highest BCUT2D eigenvalue weighted by molar-refractivity contribution is 7.99. The zero-order valence-corrected chi connectivity index (χ0v) is 18.6. The van der Waals surface area contributed by atoms with Gasteiger partial charge in [0.25, 0.3) is 5.56 Å². The molecule has 0 saturated heterocycles. The van der Waals surface area contributed by atoms with Gasteiger partial charge in [-0.3, -0.25) is 14.2 Å². The van der Waals surface area contributed by atoms with Crippen molar-refractivity contribution in [3.8, 4) is 0 Å². The van der Waals surface area contributed by atoms with Gasteiger partial charge in [0.2, 0.25) is 5.91 Å². The Bertz CT molecular complexity index is 1120. The first-order chi connectivity index (χ1) is 14.4. The summed E-state index contributed by atoms with van der Waals surface area (Å²) in [5.74, 6) is -0.295. The van der Waals surface area contributed by atoms with E-state index in [0.29, 0.717) is 39.1 Å². The first kappa shape index (κ1) is 22.0. The van der Waals surface area contributed by atoms with Crippen molar-refractivity contribution in [2.75, 3.05) is 18.2 Å². The maximum absolute atomic E-state index is 13.0. The summed E-state index contributed by atoms with van der Waals surface area (Å²) in [6, 6.07) is 8.87. The monoisotopic (exact) mass is 445 g/mol. The lowest BCUT2D eigenvalue weighted by molar-refractivity contribution is -0.113. The van der Waals surface area contributed by atoms with Gasteiger partial charge >= 0.3 is 5.97 Å². The second kappa shape index (κ2) is 9.90. The Labute approximate surface area is 182 Å². The Kier molecular flexibility index (Phi) is 7.28. The van der Waals surface area contributed by atoms with Crippen molar-refractivity contribution in [1.29, 1.82) is 0 Å². The van der Waals surface area contributed by atoms with E-state index >= 15 is 0 Å². The van der Waals surface area contributed by atoms with Gasteiger partial charge in [-0.15, -0.1) is 11.3 Å².